The largest absolute Gasteiger partial charge is 0.496 e. The topological polar surface area (TPSA) is 65.6 Å². The maximum absolute atomic E-state index is 12.5. The summed E-state index contributed by atoms with van der Waals surface area (Å²) in [5.74, 6) is 1.45. The molecular formula is C33H44N4O2. The minimum Gasteiger partial charge on any atom is -0.496 e. The van der Waals surface area contributed by atoms with Gasteiger partial charge in [-0.3, -0.25) is 10.2 Å². The zero-order valence-corrected chi connectivity index (χ0v) is 23.8. The van der Waals surface area contributed by atoms with E-state index in [4.69, 9.17) is 4.74 Å². The normalized spacial score (nSPS) is 19.0. The summed E-state index contributed by atoms with van der Waals surface area (Å²) in [6.45, 7) is 3.78. The van der Waals surface area contributed by atoms with Crippen LogP contribution in [-0.2, 0) is 17.8 Å². The molecule has 1 heterocycles. The number of benzene rings is 3. The summed E-state index contributed by atoms with van der Waals surface area (Å²) in [6, 6.07) is 28.4. The molecule has 1 amide bonds. The number of hydrogen-bond acceptors (Lipinski definition) is 5. The second-order valence-electron chi connectivity index (χ2n) is 10.8. The maximum atomic E-state index is 12.5. The Bertz CT molecular complexity index is 1130. The van der Waals surface area contributed by atoms with E-state index >= 15 is 0 Å². The first-order valence-electron chi connectivity index (χ1n) is 14.2. The smallest absolute Gasteiger partial charge is 0.234 e. The zero-order chi connectivity index (χ0) is 27.6. The minimum absolute atomic E-state index is 0.0544. The maximum Gasteiger partial charge on any atom is 0.234 e. The van der Waals surface area contributed by atoms with Gasteiger partial charge in [0, 0.05) is 50.6 Å². The highest BCUT2D eigenvalue weighted by Gasteiger charge is 2.41. The fraction of sp³-hybridized carbons (Fsp3) is 0.424. The highest BCUT2D eigenvalue weighted by atomic mass is 16.5. The van der Waals surface area contributed by atoms with Crippen LogP contribution in [0.3, 0.4) is 0 Å². The van der Waals surface area contributed by atoms with Crippen LogP contribution in [0.15, 0.2) is 78.9 Å². The Kier molecular flexibility index (Phi) is 10.5. The molecule has 3 unspecified atom stereocenters. The van der Waals surface area contributed by atoms with Crippen molar-refractivity contribution < 1.29 is 9.53 Å². The number of nitrogens with zero attached hydrogens (tertiary/aromatic N) is 1. The Morgan fingerprint density at radius 2 is 1.69 bits per heavy atom. The third-order valence-corrected chi connectivity index (χ3v) is 7.69. The number of carbonyl (C=O) groups is 1. The number of methoxy groups -OCH3 is 1. The van der Waals surface area contributed by atoms with Crippen LogP contribution < -0.4 is 20.8 Å². The first kappa shape index (κ1) is 28.8. The molecule has 4 rings (SSSR count). The Hall–Kier alpha value is -3.19. The van der Waals surface area contributed by atoms with Crippen LogP contribution in [0.4, 0.5) is 0 Å². The molecule has 1 aliphatic rings. The molecule has 0 saturated carbocycles. The molecule has 0 radical (unpaired) electrons. The van der Waals surface area contributed by atoms with Gasteiger partial charge >= 0.3 is 0 Å². The average Bonchev–Trinajstić information content (AvgIpc) is 3.34. The number of rotatable bonds is 13. The molecule has 39 heavy (non-hydrogen) atoms. The van der Waals surface area contributed by atoms with E-state index in [1.54, 1.807) is 12.1 Å². The molecule has 3 aromatic rings. The van der Waals surface area contributed by atoms with Gasteiger partial charge in [-0.1, -0.05) is 86.1 Å². The van der Waals surface area contributed by atoms with E-state index in [0.717, 1.165) is 31.6 Å². The van der Waals surface area contributed by atoms with Crippen LogP contribution in [0.1, 0.15) is 54.4 Å². The number of amides is 1. The van der Waals surface area contributed by atoms with Gasteiger partial charge in [-0.05, 0) is 48.1 Å². The molecule has 0 spiro atoms. The third kappa shape index (κ3) is 7.69. The van der Waals surface area contributed by atoms with Crippen LogP contribution >= 0.6 is 0 Å². The third-order valence-electron chi connectivity index (χ3n) is 7.69. The van der Waals surface area contributed by atoms with E-state index < -0.39 is 0 Å². The molecular weight excluding hydrogens is 484 g/mol. The van der Waals surface area contributed by atoms with Crippen LogP contribution in [0, 0.1) is 5.92 Å². The van der Waals surface area contributed by atoms with E-state index in [1.807, 2.05) is 14.1 Å². The Morgan fingerprint density at radius 3 is 2.28 bits per heavy atom. The second-order valence-corrected chi connectivity index (χ2v) is 10.8. The fourth-order valence-electron chi connectivity index (χ4n) is 5.93. The summed E-state index contributed by atoms with van der Waals surface area (Å²) in [7, 11) is 5.44. The lowest BCUT2D eigenvalue weighted by Gasteiger charge is -2.32. The van der Waals surface area contributed by atoms with Crippen LogP contribution in [0.2, 0.25) is 0 Å². The number of ether oxygens (including phenoxy) is 1. The van der Waals surface area contributed by atoms with Crippen LogP contribution in [0.25, 0.3) is 0 Å². The van der Waals surface area contributed by atoms with E-state index in [2.05, 4.69) is 102 Å². The number of hydrazine groups is 1. The number of nitrogens with one attached hydrogen (secondary N) is 3. The Morgan fingerprint density at radius 1 is 1.03 bits per heavy atom. The molecule has 6 heteroatoms. The van der Waals surface area contributed by atoms with E-state index in [-0.39, 0.29) is 23.9 Å². The summed E-state index contributed by atoms with van der Waals surface area (Å²) < 4.78 is 5.74. The van der Waals surface area contributed by atoms with Crippen molar-refractivity contribution in [3.8, 4) is 5.75 Å². The van der Waals surface area contributed by atoms with Crippen molar-refractivity contribution in [3.05, 3.63) is 101 Å². The van der Waals surface area contributed by atoms with Crippen LogP contribution in [-0.4, -0.2) is 50.7 Å². The molecule has 6 nitrogen and oxygen atoms in total. The number of hydrogen-bond donors (Lipinski definition) is 3. The lowest BCUT2D eigenvalue weighted by atomic mass is 9.80. The summed E-state index contributed by atoms with van der Waals surface area (Å²) >= 11 is 0. The van der Waals surface area contributed by atoms with Gasteiger partial charge in [-0.2, -0.15) is 0 Å². The molecule has 0 bridgehead atoms. The lowest BCUT2D eigenvalue weighted by molar-refractivity contribution is -0.125. The van der Waals surface area contributed by atoms with E-state index in [0.29, 0.717) is 18.9 Å². The predicted molar refractivity (Wildman–Crippen MR) is 159 cm³/mol. The first-order valence-corrected chi connectivity index (χ1v) is 14.2. The molecule has 0 aliphatic carbocycles. The summed E-state index contributed by atoms with van der Waals surface area (Å²) in [5, 5.41) is 9.53. The second kappa shape index (κ2) is 14.3. The van der Waals surface area contributed by atoms with Crippen molar-refractivity contribution in [1.29, 1.82) is 0 Å². The van der Waals surface area contributed by atoms with Gasteiger partial charge in [0.25, 0.3) is 0 Å². The molecule has 1 saturated heterocycles. The van der Waals surface area contributed by atoms with E-state index in [1.165, 1.54) is 22.3 Å². The highest BCUT2D eigenvalue weighted by molar-refractivity contribution is 5.75. The fourth-order valence-corrected chi connectivity index (χ4v) is 5.93. The summed E-state index contributed by atoms with van der Waals surface area (Å²) in [5.41, 5.74) is 7.99. The van der Waals surface area contributed by atoms with E-state index in [9.17, 15) is 4.79 Å². The Labute approximate surface area is 234 Å². The van der Waals surface area contributed by atoms with Crippen molar-refractivity contribution >= 4 is 5.91 Å². The molecule has 3 aromatic carbocycles. The summed E-state index contributed by atoms with van der Waals surface area (Å²) in [6.07, 6.45) is 3.47. The molecule has 3 atom stereocenters. The molecule has 1 aliphatic heterocycles. The molecule has 3 N–H and O–H groups in total. The van der Waals surface area contributed by atoms with Crippen molar-refractivity contribution in [2.75, 3.05) is 27.7 Å². The standard InChI is InChI=1S/C33H44N4O2/c1-5-12-24-17-19-29(39-4)28(21-24)23-34-32-27(18-20-30(38)36-37(2)3)22-35-33(32)31(25-13-8-6-9-14-25)26-15-10-7-11-16-26/h6-11,13-17,19,21,27,31-35H,5,12,18,20,22-23H2,1-4H3,(H,36,38). The Balaban J connectivity index is 1.63. The quantitative estimate of drug-likeness (QED) is 0.276. The molecule has 0 aromatic heterocycles. The predicted octanol–water partition coefficient (Wildman–Crippen LogP) is 4.90. The van der Waals surface area contributed by atoms with Crippen molar-refractivity contribution in [3.63, 3.8) is 0 Å². The van der Waals surface area contributed by atoms with Gasteiger partial charge in [0.2, 0.25) is 5.91 Å². The SMILES string of the molecule is CCCc1ccc(OC)c(CNC2C(CCC(=O)NN(C)C)CNC2C(c2ccccc2)c2ccccc2)c1. The molecule has 208 valence electrons. The minimum atomic E-state index is 0.0544. The van der Waals surface area contributed by atoms with Gasteiger partial charge in [0.05, 0.1) is 7.11 Å². The van der Waals surface area contributed by atoms with Gasteiger partial charge in [-0.25, -0.2) is 5.01 Å². The van der Waals surface area contributed by atoms with Gasteiger partial charge < -0.3 is 15.4 Å². The van der Waals surface area contributed by atoms with Crippen molar-refractivity contribution in [2.45, 2.75) is 57.2 Å². The van der Waals surface area contributed by atoms with Crippen molar-refractivity contribution in [2.24, 2.45) is 5.92 Å². The van der Waals surface area contributed by atoms with Crippen LogP contribution in [0.5, 0.6) is 5.75 Å². The van der Waals surface area contributed by atoms with Gasteiger partial charge in [0.1, 0.15) is 5.75 Å². The van der Waals surface area contributed by atoms with Crippen molar-refractivity contribution in [1.82, 2.24) is 21.1 Å². The first-order chi connectivity index (χ1) is 19.0. The highest BCUT2D eigenvalue weighted by Crippen LogP contribution is 2.35. The van der Waals surface area contributed by atoms with Gasteiger partial charge in [0.15, 0.2) is 0 Å². The number of aryl methyl sites for hydroxylation is 1. The number of carbonyl (C=O) groups excluding carboxylic acids is 1. The lowest BCUT2D eigenvalue weighted by Crippen LogP contribution is -2.46. The monoisotopic (exact) mass is 528 g/mol. The summed E-state index contributed by atoms with van der Waals surface area (Å²) in [4.78, 5) is 12.5. The zero-order valence-electron chi connectivity index (χ0n) is 23.8. The average molecular weight is 529 g/mol. The molecule has 1 fully saturated rings. The van der Waals surface area contributed by atoms with Gasteiger partial charge in [-0.15, -0.1) is 0 Å².